The van der Waals surface area contributed by atoms with Crippen LogP contribution in [0.4, 0.5) is 0 Å². The van der Waals surface area contributed by atoms with E-state index in [0.29, 0.717) is 5.92 Å². The summed E-state index contributed by atoms with van der Waals surface area (Å²) in [5, 5.41) is 9.26. The molecule has 78 valence electrons. The number of hydrogen-bond donors (Lipinski definition) is 1. The van der Waals surface area contributed by atoms with Crippen LogP contribution in [0.2, 0.25) is 0 Å². The lowest BCUT2D eigenvalue weighted by Crippen LogP contribution is -1.99. The van der Waals surface area contributed by atoms with E-state index < -0.39 is 0 Å². The molecule has 1 aliphatic rings. The smallest absolute Gasteiger partial charge is 0.191 e. The van der Waals surface area contributed by atoms with Gasteiger partial charge in [-0.2, -0.15) is 5.10 Å². The van der Waals surface area contributed by atoms with Crippen molar-refractivity contribution in [1.82, 2.24) is 15.2 Å². The zero-order chi connectivity index (χ0) is 10.1. The minimum Gasteiger partial charge on any atom is -0.381 e. The average Bonchev–Trinajstić information content (AvgIpc) is 3.02. The molecule has 0 radical (unpaired) electrons. The molecule has 1 unspecified atom stereocenters. The summed E-state index contributed by atoms with van der Waals surface area (Å²) in [6.45, 7) is 1.60. The highest BCUT2D eigenvalue weighted by Crippen LogP contribution is 2.25. The van der Waals surface area contributed by atoms with Crippen molar-refractivity contribution in [3.8, 4) is 10.7 Å². The van der Waals surface area contributed by atoms with Crippen molar-refractivity contribution < 1.29 is 4.74 Å². The fourth-order valence-electron chi connectivity index (χ4n) is 1.72. The van der Waals surface area contributed by atoms with Gasteiger partial charge < -0.3 is 4.74 Å². The Morgan fingerprint density at radius 3 is 3.27 bits per heavy atom. The van der Waals surface area contributed by atoms with E-state index in [0.717, 1.165) is 36.2 Å². The lowest BCUT2D eigenvalue weighted by atomic mass is 10.1. The molecule has 15 heavy (non-hydrogen) atoms. The van der Waals surface area contributed by atoms with Crippen LogP contribution in [0.3, 0.4) is 0 Å². The van der Waals surface area contributed by atoms with Crippen LogP contribution in [0.5, 0.6) is 0 Å². The Morgan fingerprint density at radius 2 is 2.53 bits per heavy atom. The second-order valence-corrected chi connectivity index (χ2v) is 4.53. The predicted octanol–water partition coefficient (Wildman–Crippen LogP) is 2.04. The van der Waals surface area contributed by atoms with Crippen LogP contribution in [-0.4, -0.2) is 28.4 Å². The molecular formula is C10H11N3OS. The lowest BCUT2D eigenvalue weighted by molar-refractivity contribution is 0.193. The summed E-state index contributed by atoms with van der Waals surface area (Å²) in [5.74, 6) is 2.15. The van der Waals surface area contributed by atoms with Crippen LogP contribution < -0.4 is 0 Å². The highest BCUT2D eigenvalue weighted by Gasteiger charge is 2.21. The van der Waals surface area contributed by atoms with E-state index in [1.165, 1.54) is 0 Å². The third-order valence-corrected chi connectivity index (χ3v) is 3.43. The zero-order valence-corrected chi connectivity index (χ0v) is 8.96. The maximum absolute atomic E-state index is 5.33. The van der Waals surface area contributed by atoms with Crippen LogP contribution in [0.15, 0.2) is 17.5 Å². The van der Waals surface area contributed by atoms with Gasteiger partial charge in [0.1, 0.15) is 5.82 Å². The molecule has 2 aromatic rings. The molecular weight excluding hydrogens is 210 g/mol. The van der Waals surface area contributed by atoms with Crippen LogP contribution in [0.1, 0.15) is 18.2 Å². The van der Waals surface area contributed by atoms with Gasteiger partial charge in [0.15, 0.2) is 5.82 Å². The molecule has 0 aliphatic carbocycles. The van der Waals surface area contributed by atoms with Gasteiger partial charge in [0.25, 0.3) is 0 Å². The van der Waals surface area contributed by atoms with E-state index in [4.69, 9.17) is 4.74 Å². The number of thiophene rings is 1. The first-order valence-corrected chi connectivity index (χ1v) is 5.85. The quantitative estimate of drug-likeness (QED) is 0.844. The first kappa shape index (κ1) is 9.06. The summed E-state index contributed by atoms with van der Waals surface area (Å²) in [7, 11) is 0. The van der Waals surface area contributed by atoms with Gasteiger partial charge in [0, 0.05) is 12.5 Å². The number of rotatable bonds is 2. The Hall–Kier alpha value is -1.20. The fourth-order valence-corrected chi connectivity index (χ4v) is 2.38. The summed E-state index contributed by atoms with van der Waals surface area (Å²) in [5.41, 5.74) is 0. The van der Waals surface area contributed by atoms with Gasteiger partial charge in [0.05, 0.1) is 11.5 Å². The number of H-pyrrole nitrogens is 1. The Morgan fingerprint density at radius 1 is 1.53 bits per heavy atom. The highest BCUT2D eigenvalue weighted by atomic mass is 32.1. The summed E-state index contributed by atoms with van der Waals surface area (Å²) in [4.78, 5) is 5.61. The second-order valence-electron chi connectivity index (χ2n) is 3.58. The largest absolute Gasteiger partial charge is 0.381 e. The number of aromatic nitrogens is 3. The molecule has 0 spiro atoms. The van der Waals surface area contributed by atoms with Crippen molar-refractivity contribution in [1.29, 1.82) is 0 Å². The van der Waals surface area contributed by atoms with Crippen molar-refractivity contribution in [2.75, 3.05) is 13.2 Å². The Labute approximate surface area is 91.3 Å². The minimum absolute atomic E-state index is 0.395. The summed E-state index contributed by atoms with van der Waals surface area (Å²) >= 11 is 1.66. The molecule has 2 aromatic heterocycles. The molecule has 0 saturated carbocycles. The molecule has 4 nitrogen and oxygen atoms in total. The normalized spacial score (nSPS) is 20.9. The van der Waals surface area contributed by atoms with Gasteiger partial charge in [-0.25, -0.2) is 4.98 Å². The standard InChI is InChI=1S/C10H11N3OS/c1-2-8(15-5-1)10-11-9(12-13-10)7-3-4-14-6-7/h1-2,5,7H,3-4,6H2,(H,11,12,13). The minimum atomic E-state index is 0.395. The molecule has 1 aliphatic heterocycles. The van der Waals surface area contributed by atoms with E-state index in [1.807, 2.05) is 17.5 Å². The fraction of sp³-hybridized carbons (Fsp3) is 0.400. The maximum Gasteiger partial charge on any atom is 0.191 e. The first-order valence-electron chi connectivity index (χ1n) is 4.97. The molecule has 0 bridgehead atoms. The van der Waals surface area contributed by atoms with Crippen molar-refractivity contribution >= 4 is 11.3 Å². The molecule has 0 aromatic carbocycles. The molecule has 5 heteroatoms. The van der Waals surface area contributed by atoms with Crippen LogP contribution >= 0.6 is 11.3 Å². The first-order chi connectivity index (χ1) is 7.43. The second kappa shape index (κ2) is 3.75. The van der Waals surface area contributed by atoms with Crippen molar-refractivity contribution in [3.05, 3.63) is 23.3 Å². The number of ether oxygens (including phenoxy) is 1. The SMILES string of the molecule is c1csc(-c2n[nH]c(C3CCOC3)n2)c1. The number of hydrogen-bond acceptors (Lipinski definition) is 4. The molecule has 1 fully saturated rings. The van der Waals surface area contributed by atoms with Crippen molar-refractivity contribution in [2.45, 2.75) is 12.3 Å². The van der Waals surface area contributed by atoms with E-state index >= 15 is 0 Å². The Bertz CT molecular complexity index is 431. The summed E-state index contributed by atoms with van der Waals surface area (Å²) < 4.78 is 5.33. The van der Waals surface area contributed by atoms with Crippen molar-refractivity contribution in [3.63, 3.8) is 0 Å². The number of nitrogens with one attached hydrogen (secondary N) is 1. The molecule has 3 rings (SSSR count). The third kappa shape index (κ3) is 1.68. The van der Waals surface area contributed by atoms with Gasteiger partial charge in [-0.1, -0.05) is 6.07 Å². The van der Waals surface area contributed by atoms with Crippen molar-refractivity contribution in [2.24, 2.45) is 0 Å². The molecule has 0 amide bonds. The average molecular weight is 221 g/mol. The Kier molecular flexibility index (Phi) is 2.26. The highest BCUT2D eigenvalue weighted by molar-refractivity contribution is 7.13. The third-order valence-electron chi connectivity index (χ3n) is 2.56. The van der Waals surface area contributed by atoms with E-state index in [-0.39, 0.29) is 0 Å². The maximum atomic E-state index is 5.33. The van der Waals surface area contributed by atoms with E-state index in [2.05, 4.69) is 15.2 Å². The lowest BCUT2D eigenvalue weighted by Gasteiger charge is -1.99. The van der Waals surface area contributed by atoms with Crippen LogP contribution in [0.25, 0.3) is 10.7 Å². The van der Waals surface area contributed by atoms with E-state index in [1.54, 1.807) is 11.3 Å². The van der Waals surface area contributed by atoms with Gasteiger partial charge in [-0.05, 0) is 17.9 Å². The number of nitrogens with zero attached hydrogens (tertiary/aromatic N) is 2. The zero-order valence-electron chi connectivity index (χ0n) is 8.14. The predicted molar refractivity (Wildman–Crippen MR) is 57.9 cm³/mol. The molecule has 3 heterocycles. The molecule has 1 atom stereocenters. The molecule has 1 N–H and O–H groups in total. The van der Waals surface area contributed by atoms with Crippen LogP contribution in [-0.2, 0) is 4.74 Å². The van der Waals surface area contributed by atoms with Crippen LogP contribution in [0, 0.1) is 0 Å². The van der Waals surface area contributed by atoms with Gasteiger partial charge in [-0.3, -0.25) is 5.10 Å². The topological polar surface area (TPSA) is 50.8 Å². The van der Waals surface area contributed by atoms with E-state index in [9.17, 15) is 0 Å². The number of aromatic amines is 1. The van der Waals surface area contributed by atoms with Gasteiger partial charge >= 0.3 is 0 Å². The van der Waals surface area contributed by atoms with Gasteiger partial charge in [-0.15, -0.1) is 11.3 Å². The monoisotopic (exact) mass is 221 g/mol. The van der Waals surface area contributed by atoms with Gasteiger partial charge in [0.2, 0.25) is 0 Å². The molecule has 1 saturated heterocycles. The summed E-state index contributed by atoms with van der Waals surface area (Å²) in [6, 6.07) is 4.04. The Balaban J connectivity index is 1.87. The summed E-state index contributed by atoms with van der Waals surface area (Å²) in [6.07, 6.45) is 1.04.